The van der Waals surface area contributed by atoms with Gasteiger partial charge in [0, 0.05) is 25.1 Å². The number of alkyl halides is 3. The second kappa shape index (κ2) is 10.5. The average Bonchev–Trinajstić information content (AvgIpc) is 2.95. The van der Waals surface area contributed by atoms with Crippen LogP contribution in [0, 0.1) is 6.92 Å². The van der Waals surface area contributed by atoms with Gasteiger partial charge < -0.3 is 19.9 Å². The predicted octanol–water partition coefficient (Wildman–Crippen LogP) is 3.51. The highest BCUT2D eigenvalue weighted by Crippen LogP contribution is 2.24. The molecular formula is C21H29F3N6O. The second-order valence-electron chi connectivity index (χ2n) is 7.56. The van der Waals surface area contributed by atoms with E-state index < -0.39 is 12.8 Å². The molecule has 0 bridgehead atoms. The zero-order valence-electron chi connectivity index (χ0n) is 17.9. The molecule has 0 saturated carbocycles. The van der Waals surface area contributed by atoms with Crippen molar-refractivity contribution in [3.05, 3.63) is 41.0 Å². The van der Waals surface area contributed by atoms with Gasteiger partial charge in [-0.2, -0.15) is 13.2 Å². The molecular weight excluding hydrogens is 409 g/mol. The zero-order chi connectivity index (χ0) is 22.3. The molecule has 7 nitrogen and oxygen atoms in total. The number of guanidine groups is 1. The van der Waals surface area contributed by atoms with Crippen LogP contribution in [0.1, 0.15) is 49.0 Å². The van der Waals surface area contributed by atoms with Crippen LogP contribution in [0.3, 0.4) is 0 Å². The summed E-state index contributed by atoms with van der Waals surface area (Å²) in [4.78, 5) is 4.52. The lowest BCUT2D eigenvalue weighted by atomic mass is 10.1. The Bertz CT molecular complexity index is 894. The number of benzene rings is 1. The highest BCUT2D eigenvalue weighted by molar-refractivity contribution is 5.79. The number of hydrogen-bond donors (Lipinski definition) is 2. The Morgan fingerprint density at radius 3 is 2.81 bits per heavy atom. The number of halogens is 3. The Labute approximate surface area is 180 Å². The monoisotopic (exact) mass is 438 g/mol. The molecule has 1 aromatic carbocycles. The van der Waals surface area contributed by atoms with E-state index in [0.717, 1.165) is 43.0 Å². The maximum absolute atomic E-state index is 12.6. The standard InChI is InChI=1S/C21H29F3N6O/c1-3-25-20(27-13-19-29-28-18-7-5-4-6-10-30(18)19)26-12-16-9-8-15(2)11-17(16)31-14-21(22,23)24/h8-9,11H,3-7,10,12-14H2,1-2H3,(H2,25,26,27). The quantitative estimate of drug-likeness (QED) is 0.511. The SMILES string of the molecule is CCNC(=NCc1ccc(C)cc1OCC(F)(F)F)NCc1nnc2n1CCCCC2. The van der Waals surface area contributed by atoms with Gasteiger partial charge in [-0.3, -0.25) is 0 Å². The van der Waals surface area contributed by atoms with Gasteiger partial charge >= 0.3 is 6.18 Å². The summed E-state index contributed by atoms with van der Waals surface area (Å²) in [5, 5.41) is 15.0. The topological polar surface area (TPSA) is 76.4 Å². The normalized spacial score (nSPS) is 14.7. The largest absolute Gasteiger partial charge is 0.484 e. The number of rotatable bonds is 7. The molecule has 1 aromatic heterocycles. The summed E-state index contributed by atoms with van der Waals surface area (Å²) in [6, 6.07) is 5.17. The van der Waals surface area contributed by atoms with Crippen LogP contribution in [0.25, 0.3) is 0 Å². The first-order valence-corrected chi connectivity index (χ1v) is 10.6. The van der Waals surface area contributed by atoms with Crippen molar-refractivity contribution in [1.29, 1.82) is 0 Å². The van der Waals surface area contributed by atoms with Crippen LogP contribution in [-0.2, 0) is 26.1 Å². The minimum atomic E-state index is -4.39. The first-order chi connectivity index (χ1) is 14.9. The molecule has 10 heteroatoms. The lowest BCUT2D eigenvalue weighted by molar-refractivity contribution is -0.153. The third-order valence-electron chi connectivity index (χ3n) is 4.97. The number of aryl methyl sites for hydroxylation is 2. The van der Waals surface area contributed by atoms with Crippen molar-refractivity contribution in [3.63, 3.8) is 0 Å². The van der Waals surface area contributed by atoms with E-state index in [-0.39, 0.29) is 12.3 Å². The molecule has 0 amide bonds. The number of aromatic nitrogens is 3. The van der Waals surface area contributed by atoms with Crippen molar-refractivity contribution in [1.82, 2.24) is 25.4 Å². The van der Waals surface area contributed by atoms with Gasteiger partial charge in [-0.05, 0) is 38.3 Å². The predicted molar refractivity (Wildman–Crippen MR) is 112 cm³/mol. The van der Waals surface area contributed by atoms with Crippen molar-refractivity contribution in [2.75, 3.05) is 13.2 Å². The minimum absolute atomic E-state index is 0.181. The summed E-state index contributed by atoms with van der Waals surface area (Å²) < 4.78 is 44.9. The Morgan fingerprint density at radius 2 is 2.03 bits per heavy atom. The van der Waals surface area contributed by atoms with Crippen LogP contribution in [0.2, 0.25) is 0 Å². The number of ether oxygens (including phenoxy) is 1. The van der Waals surface area contributed by atoms with Crippen molar-refractivity contribution >= 4 is 5.96 Å². The average molecular weight is 438 g/mol. The lowest BCUT2D eigenvalue weighted by Gasteiger charge is -2.15. The van der Waals surface area contributed by atoms with E-state index in [1.807, 2.05) is 13.0 Å². The van der Waals surface area contributed by atoms with Gasteiger partial charge in [-0.1, -0.05) is 18.6 Å². The van der Waals surface area contributed by atoms with Crippen molar-refractivity contribution in [3.8, 4) is 5.75 Å². The van der Waals surface area contributed by atoms with Crippen LogP contribution in [0.4, 0.5) is 13.2 Å². The summed E-state index contributed by atoms with van der Waals surface area (Å²) in [5.41, 5.74) is 1.41. The Hall–Kier alpha value is -2.78. The summed E-state index contributed by atoms with van der Waals surface area (Å²) in [6.07, 6.45) is -0.0206. The molecule has 31 heavy (non-hydrogen) atoms. The molecule has 2 heterocycles. The molecule has 2 aromatic rings. The zero-order valence-corrected chi connectivity index (χ0v) is 17.9. The minimum Gasteiger partial charge on any atom is -0.484 e. The van der Waals surface area contributed by atoms with Gasteiger partial charge in [0.15, 0.2) is 18.4 Å². The van der Waals surface area contributed by atoms with Crippen molar-refractivity contribution < 1.29 is 17.9 Å². The Balaban J connectivity index is 1.68. The molecule has 170 valence electrons. The van der Waals surface area contributed by atoms with Crippen LogP contribution in [0.5, 0.6) is 5.75 Å². The van der Waals surface area contributed by atoms with Gasteiger partial charge in [0.05, 0.1) is 13.1 Å². The van der Waals surface area contributed by atoms with Crippen LogP contribution in [0.15, 0.2) is 23.2 Å². The highest BCUT2D eigenvalue weighted by atomic mass is 19.4. The fourth-order valence-corrected chi connectivity index (χ4v) is 3.43. The van der Waals surface area contributed by atoms with Crippen LogP contribution >= 0.6 is 0 Å². The molecule has 0 fully saturated rings. The van der Waals surface area contributed by atoms with Crippen LogP contribution < -0.4 is 15.4 Å². The fraction of sp³-hybridized carbons (Fsp3) is 0.571. The molecule has 0 saturated heterocycles. The smallest absolute Gasteiger partial charge is 0.422 e. The highest BCUT2D eigenvalue weighted by Gasteiger charge is 2.28. The number of nitrogens with zero attached hydrogens (tertiary/aromatic N) is 4. The lowest BCUT2D eigenvalue weighted by Crippen LogP contribution is -2.37. The number of fused-ring (bicyclic) bond motifs is 1. The third kappa shape index (κ3) is 6.86. The molecule has 3 rings (SSSR count). The van der Waals surface area contributed by atoms with Crippen molar-refractivity contribution in [2.24, 2.45) is 4.99 Å². The molecule has 0 spiro atoms. The Kier molecular flexibility index (Phi) is 7.75. The van der Waals surface area contributed by atoms with E-state index in [4.69, 9.17) is 4.74 Å². The van der Waals surface area contributed by atoms with Crippen molar-refractivity contribution in [2.45, 2.75) is 65.3 Å². The van der Waals surface area contributed by atoms with E-state index >= 15 is 0 Å². The van der Waals surface area contributed by atoms with E-state index in [0.29, 0.717) is 24.6 Å². The first kappa shape index (κ1) is 22.9. The third-order valence-corrected chi connectivity index (χ3v) is 4.97. The summed E-state index contributed by atoms with van der Waals surface area (Å²) in [6.45, 7) is 4.63. The first-order valence-electron chi connectivity index (χ1n) is 10.6. The second-order valence-corrected chi connectivity index (χ2v) is 7.56. The van der Waals surface area contributed by atoms with Gasteiger partial charge in [-0.15, -0.1) is 10.2 Å². The van der Waals surface area contributed by atoms with Gasteiger partial charge in [0.25, 0.3) is 0 Å². The maximum atomic E-state index is 12.6. The van der Waals surface area contributed by atoms with E-state index in [2.05, 4.69) is 30.4 Å². The summed E-state index contributed by atoms with van der Waals surface area (Å²) in [5.74, 6) is 2.62. The Morgan fingerprint density at radius 1 is 1.19 bits per heavy atom. The molecule has 0 aliphatic carbocycles. The van der Waals surface area contributed by atoms with E-state index in [9.17, 15) is 13.2 Å². The molecule has 1 aliphatic heterocycles. The molecule has 1 aliphatic rings. The molecule has 2 N–H and O–H groups in total. The number of nitrogens with one attached hydrogen (secondary N) is 2. The number of hydrogen-bond acceptors (Lipinski definition) is 4. The van der Waals surface area contributed by atoms with E-state index in [1.54, 1.807) is 19.1 Å². The van der Waals surface area contributed by atoms with Gasteiger partial charge in [-0.25, -0.2) is 4.99 Å². The van der Waals surface area contributed by atoms with Gasteiger partial charge in [0.1, 0.15) is 11.6 Å². The summed E-state index contributed by atoms with van der Waals surface area (Å²) >= 11 is 0. The number of aliphatic imine (C=N–C) groups is 1. The molecule has 0 unspecified atom stereocenters. The van der Waals surface area contributed by atoms with E-state index in [1.165, 1.54) is 6.42 Å². The molecule has 0 atom stereocenters. The maximum Gasteiger partial charge on any atom is 0.422 e. The fourth-order valence-electron chi connectivity index (χ4n) is 3.43. The summed E-state index contributed by atoms with van der Waals surface area (Å²) in [7, 11) is 0. The van der Waals surface area contributed by atoms with Gasteiger partial charge in [0.2, 0.25) is 0 Å². The molecule has 0 radical (unpaired) electrons. The van der Waals surface area contributed by atoms with Crippen LogP contribution in [-0.4, -0.2) is 40.1 Å².